The van der Waals surface area contributed by atoms with Gasteiger partial charge in [-0.25, -0.2) is 126 Å². The van der Waals surface area contributed by atoms with Crippen LogP contribution in [0.3, 0.4) is 0 Å². The lowest BCUT2D eigenvalue weighted by atomic mass is 9.85. The fraction of sp³-hybridized carbons (Fsp3) is 0.452. The van der Waals surface area contributed by atoms with Gasteiger partial charge < -0.3 is 55.6 Å². The van der Waals surface area contributed by atoms with Gasteiger partial charge in [-0.05, 0) is 227 Å². The second kappa shape index (κ2) is 43.5. The molecule has 20 atom stereocenters. The zero-order valence-electron chi connectivity index (χ0n) is 77.7. The van der Waals surface area contributed by atoms with Gasteiger partial charge in [0, 0.05) is 139 Å². The highest BCUT2D eigenvalue weighted by Crippen LogP contribution is 2.62. The fourth-order valence-corrected chi connectivity index (χ4v) is 19.5. The number of anilines is 1. The van der Waals surface area contributed by atoms with Gasteiger partial charge in [-0.15, -0.1) is 0 Å². The number of aromatic nitrogens is 6. The van der Waals surface area contributed by atoms with Crippen LogP contribution in [0.4, 0.5) is 103 Å². The molecule has 8 aromatic rings. The zero-order valence-corrected chi connectivity index (χ0v) is 85.6. The van der Waals surface area contributed by atoms with E-state index in [0.29, 0.717) is 41.2 Å². The largest absolute Gasteiger partial charge is 0.462 e. The van der Waals surface area contributed by atoms with Crippen LogP contribution >= 0.6 is 79.6 Å². The maximum atomic E-state index is 14.7. The van der Waals surface area contributed by atoms with Crippen molar-refractivity contribution >= 4 is 139 Å². The summed E-state index contributed by atoms with van der Waals surface area (Å²) in [5, 5.41) is 17.1. The molecule has 800 valence electrons. The molecule has 10 N–H and O–H groups in total. The number of amidine groups is 4. The third-order valence-electron chi connectivity index (χ3n) is 25.5. The number of alkyl carbamates (subject to hydrolysis) is 1. The molecule has 4 amide bonds. The van der Waals surface area contributed by atoms with Crippen LogP contribution in [0.5, 0.6) is 0 Å². The number of hydroxylamine groups is 1. The molecule has 0 bridgehead atoms. The van der Waals surface area contributed by atoms with Crippen molar-refractivity contribution in [3.05, 3.63) is 237 Å². The minimum Gasteiger partial charge on any atom is -0.462 e. The molecule has 12 heterocycles. The summed E-state index contributed by atoms with van der Waals surface area (Å²) in [6, 6.07) is 21.4. The predicted molar refractivity (Wildman–Crippen MR) is 503 cm³/mol. The highest BCUT2D eigenvalue weighted by atomic mass is 79.9. The van der Waals surface area contributed by atoms with Crippen LogP contribution in [0.25, 0.3) is 0 Å². The van der Waals surface area contributed by atoms with Gasteiger partial charge in [0.2, 0.25) is 35.7 Å². The van der Waals surface area contributed by atoms with Crippen molar-refractivity contribution in [2.45, 2.75) is 219 Å². The van der Waals surface area contributed by atoms with Crippen LogP contribution in [0, 0.1) is 77.1 Å². The molecule has 2 aromatic carbocycles. The first kappa shape index (κ1) is 112. The number of oxime groups is 1. The number of nitrogens with zero attached hydrogens (tertiary/aromatic N) is 12. The van der Waals surface area contributed by atoms with Crippen LogP contribution in [0.2, 0.25) is 0 Å². The van der Waals surface area contributed by atoms with Gasteiger partial charge in [0.1, 0.15) is 58.5 Å². The van der Waals surface area contributed by atoms with Crippen LogP contribution in [0.15, 0.2) is 182 Å². The summed E-state index contributed by atoms with van der Waals surface area (Å²) in [7, 11) is 0. The van der Waals surface area contributed by atoms with E-state index < -0.39 is 233 Å². The van der Waals surface area contributed by atoms with Crippen molar-refractivity contribution in [3.63, 3.8) is 0 Å². The minimum absolute atomic E-state index is 0.00556. The molecule has 6 aliphatic heterocycles. The number of carbonyl (C=O) groups is 4. The molecule has 0 spiro atoms. The molecule has 21 rings (SSSR count). The summed E-state index contributed by atoms with van der Waals surface area (Å²) >= 11 is 15.5. The van der Waals surface area contributed by atoms with Crippen molar-refractivity contribution in [2.75, 3.05) is 5.73 Å². The minimum atomic E-state index is -3.18. The number of amides is 4. The number of nitrogen functional groups attached to an aromatic ring is 1. The summed E-state index contributed by atoms with van der Waals surface area (Å²) in [4.78, 5) is 97.1. The summed E-state index contributed by atoms with van der Waals surface area (Å²) < 4.78 is 308. The topological polar surface area (TPSA) is 419 Å². The molecule has 7 aliphatic carbocycles. The third kappa shape index (κ3) is 23.4. The first-order valence-electron chi connectivity index (χ1n) is 44.9. The Labute approximate surface area is 874 Å². The molecule has 0 radical (unpaired) electrons. The number of aliphatic hydroxyl groups excluding tert-OH is 1. The Morgan fingerprint density at radius 3 is 1.26 bits per heavy atom. The number of hydrogen-bond donors (Lipinski definition) is 7. The molecule has 56 heteroatoms. The number of fused-ring (bicyclic) bond motifs is 6. The first-order chi connectivity index (χ1) is 70.0. The van der Waals surface area contributed by atoms with Crippen molar-refractivity contribution in [1.29, 1.82) is 0 Å². The molecule has 31 nitrogen and oxygen atoms in total. The predicted octanol–water partition coefficient (Wildman–Crippen LogP) is 18.9. The number of nitrogens with one attached hydrogen (secondary N) is 3. The monoisotopic (exact) mass is 2440 g/mol. The van der Waals surface area contributed by atoms with Gasteiger partial charge in [0.15, 0.2) is 22.2 Å². The molecule has 2 unspecified atom stereocenters. The standard InChI is InChI=1S/C23H21BrF3N3O4.C18H13BrF3N3O2.C16H17BrF3N3O3.C11H11F3N4O.C10H8BrF3N2O.C10H10BrF3N2O.C5H5F2NO/c1-22(2,3)34-21(32)30(18(31)12-7-5-4-6-8-12)20-29-23(19(26)27,14-10-16(14)33-20)15-9-13(24)11-28-17(15)25;19-10-6-12(14(20)23-8-10)18(16(21)22)11-7-13(11)27-17(25-18)24-15(26)9-4-2-1-3-5-9;1-15(2,3)26-14(24)22-13-23-16(12(19)20,8-5-10(8)25-13)9-4-7(17)6-21-11(9)18;12-8-6(1-4(15)3-17-8)11(9(13)14)5-2-7(5)19-10(16)18-11;11-4-1-6(8(12)15-3-4)10(9(13)14)5-2-7(5)17-16-10;11-4-1-6(8(12)16-3-4)10(15,9(13)14)5-2-7(5)17;6-5(7)4-2-1-3(2)9-8-4/h4-9,11,14,16,19H,10H2,1-3H3;1-6,8,11,13,16H,7H2,(H,24,25,26);4,6,8,10,12H,5H2,1-3H3,(H,22,23,24);1,3,5,7,9H,2,15H2,(H2,16,18);1,3,5,7,9,16H,2H2;1,3,5,7,9,17H,2,15H2;2-3,5H,1H2/t14-,16+,23-;11-,13+,18-;8-,10+,16-;5-,7+,11-;2*5-,7+,10-;/m000000./s1. The lowest BCUT2D eigenvalue weighted by Crippen LogP contribution is -2.51. The highest BCUT2D eigenvalue weighted by molar-refractivity contribution is 9.11. The quantitative estimate of drug-likeness (QED) is 0.0349. The first-order valence-corrected chi connectivity index (χ1v) is 48.9. The summed E-state index contributed by atoms with van der Waals surface area (Å²) in [6.07, 6.45) is -16.5. The summed E-state index contributed by atoms with van der Waals surface area (Å²) in [5.74, 6) is -11.7. The zero-order chi connectivity index (χ0) is 109. The fourth-order valence-electron chi connectivity index (χ4n) is 17.8. The van der Waals surface area contributed by atoms with E-state index in [4.69, 9.17) is 50.5 Å². The van der Waals surface area contributed by atoms with Crippen LogP contribution in [-0.2, 0) is 71.3 Å². The van der Waals surface area contributed by atoms with Gasteiger partial charge in [-0.1, -0.05) is 41.6 Å². The number of halogens is 25. The second-order valence-corrected chi connectivity index (χ2v) is 42.5. The lowest BCUT2D eigenvalue weighted by Gasteiger charge is -2.35. The summed E-state index contributed by atoms with van der Waals surface area (Å²) in [6.45, 7) is 9.71. The van der Waals surface area contributed by atoms with Gasteiger partial charge >= 0.3 is 18.2 Å². The van der Waals surface area contributed by atoms with Gasteiger partial charge in [0.05, 0.1) is 24.1 Å². The average Bonchev–Trinajstić information content (AvgIpc) is 1.56. The van der Waals surface area contributed by atoms with E-state index in [0.717, 1.165) is 31.1 Å². The number of carbonyl (C=O) groups excluding carboxylic acids is 4. The third-order valence-corrected chi connectivity index (χ3v) is 27.7. The maximum Gasteiger partial charge on any atom is 0.425 e. The van der Waals surface area contributed by atoms with E-state index >= 15 is 0 Å². The number of hydrogen-bond acceptors (Lipinski definition) is 28. The van der Waals surface area contributed by atoms with Crippen LogP contribution in [0.1, 0.15) is 141 Å². The number of rotatable bonds is 16. The van der Waals surface area contributed by atoms with Crippen LogP contribution < -0.4 is 33.3 Å². The molecule has 149 heavy (non-hydrogen) atoms. The smallest absolute Gasteiger partial charge is 0.425 e. The number of nitrogens with two attached hydrogens (primary N) is 3. The normalized spacial score (nSPS) is 28.4. The maximum absolute atomic E-state index is 14.7. The SMILES string of the molecule is CC(C)(C)OC(=O)N(C(=O)c1ccccc1)C1=N[C@@](c2cc(Br)cnc2F)(C(F)F)[C@H]2C[C@H]2O1.CC(C)(C)OC(=O)NC1=N[C@@](c2cc(Br)cnc2F)(C(F)F)[C@H]2C[C@H]2O1.FC(F)C1=NOC2CC12.Fc1ncc(Br)cc1[C@@]1(C(F)F)NO[C@@H]2C[C@@H]21.NC1=N[C@@](c2cc(N)cnc2F)(C(F)F)[C@H]2C[C@H]2O1.N[C@@](c1cc(Br)cnc1F)(C(F)F)[C@H]1C[C@H]1O.O=C(NC1=N[C@@](c2cc(Br)cnc2F)(C(F)F)[C@H]2C[C@H]2O1)c1ccccc1. The lowest BCUT2D eigenvalue weighted by molar-refractivity contribution is -0.0570. The summed E-state index contributed by atoms with van der Waals surface area (Å²) in [5.41, 5.74) is 2.71. The molecule has 6 aromatic heterocycles. The van der Waals surface area contributed by atoms with Gasteiger partial charge in [-0.3, -0.25) is 19.7 Å². The number of aliphatic hydroxyl groups is 1. The number of pyridine rings is 6. The Morgan fingerprint density at radius 1 is 0.463 bits per heavy atom. The Balaban J connectivity index is 0.000000133. The molecule has 13 aliphatic rings. The number of imide groups is 1. The molecular formula is C93H85Br5F20N18O13. The van der Waals surface area contributed by atoms with Crippen molar-refractivity contribution in [2.24, 2.45) is 78.0 Å². The Hall–Kier alpha value is -11.2. The van der Waals surface area contributed by atoms with Crippen molar-refractivity contribution < 1.29 is 150 Å². The second-order valence-electron chi connectivity index (χ2n) is 37.9. The van der Waals surface area contributed by atoms with Crippen molar-refractivity contribution in [3.8, 4) is 0 Å². The number of alkyl halides is 14. The number of ether oxygens (including phenoxy) is 6. The Kier molecular flexibility index (Phi) is 32.7. The van der Waals surface area contributed by atoms with Gasteiger partial charge in [-0.2, -0.15) is 36.7 Å². The molecular weight excluding hydrogens is 2360 g/mol. The van der Waals surface area contributed by atoms with E-state index in [2.05, 4.69) is 156 Å². The molecule has 1 saturated heterocycles. The molecule has 7 saturated carbocycles. The van der Waals surface area contributed by atoms with E-state index in [1.165, 1.54) is 61.1 Å². The Bertz CT molecular complexity index is 6560. The average molecular weight is 2440 g/mol. The number of aliphatic imine (C=N–C) groups is 4. The Morgan fingerprint density at radius 2 is 0.859 bits per heavy atom. The molecule has 8 fully saturated rings. The van der Waals surface area contributed by atoms with E-state index in [1.54, 1.807) is 90.1 Å². The number of benzene rings is 2. The van der Waals surface area contributed by atoms with Crippen molar-refractivity contribution in [1.82, 2.24) is 50.9 Å². The van der Waals surface area contributed by atoms with E-state index in [-0.39, 0.29) is 105 Å². The van der Waals surface area contributed by atoms with Crippen LogP contribution in [-0.4, -0.2) is 193 Å². The van der Waals surface area contributed by atoms with E-state index in [9.17, 15) is 112 Å². The van der Waals surface area contributed by atoms with E-state index in [1.807, 2.05) is 0 Å². The van der Waals surface area contributed by atoms with Gasteiger partial charge in [0.25, 0.3) is 74.9 Å². The highest BCUT2D eigenvalue weighted by Gasteiger charge is 2.71.